The van der Waals surface area contributed by atoms with Crippen LogP contribution in [0.2, 0.25) is 5.02 Å². The molecule has 0 aliphatic carbocycles. The van der Waals surface area contributed by atoms with E-state index < -0.39 is 0 Å². The fraction of sp³-hybridized carbons (Fsp3) is 0.333. The molecule has 0 unspecified atom stereocenters. The number of nitrogens with one attached hydrogen (secondary N) is 1. The Morgan fingerprint density at radius 3 is 2.77 bits per heavy atom. The minimum atomic E-state index is -0.379. The molecule has 0 aliphatic heterocycles. The zero-order valence-corrected chi connectivity index (χ0v) is 8.50. The van der Waals surface area contributed by atoms with Crippen LogP contribution < -0.4 is 5.32 Å². The fourth-order valence-corrected chi connectivity index (χ4v) is 1.33. The highest BCUT2D eigenvalue weighted by Gasteiger charge is 1.99. The van der Waals surface area contributed by atoms with Gasteiger partial charge in [-0.3, -0.25) is 0 Å². The molecule has 0 heterocycles. The summed E-state index contributed by atoms with van der Waals surface area (Å²) in [4.78, 5) is 0. The maximum Gasteiger partial charge on any atom is 0.141 e. The molecule has 1 rings (SSSR count). The molecular weight excluding hydrogens is 212 g/mol. The first kappa shape index (κ1) is 10.8. The standard InChI is InChI=1S/C9H10Cl2FN/c10-6-13-4-3-7-1-2-9(12)8(11)5-7/h1-2,5,13H,3-4,6H2. The van der Waals surface area contributed by atoms with E-state index in [1.54, 1.807) is 12.1 Å². The van der Waals surface area contributed by atoms with Crippen LogP contribution in [0.15, 0.2) is 18.2 Å². The Balaban J connectivity index is 2.53. The zero-order valence-electron chi connectivity index (χ0n) is 6.99. The normalized spacial score (nSPS) is 10.4. The van der Waals surface area contributed by atoms with Gasteiger partial charge in [0.15, 0.2) is 0 Å². The number of halogens is 3. The van der Waals surface area contributed by atoms with Gasteiger partial charge in [0.2, 0.25) is 0 Å². The third kappa shape index (κ3) is 3.51. The van der Waals surface area contributed by atoms with Crippen LogP contribution in [0.4, 0.5) is 4.39 Å². The predicted octanol–water partition coefficient (Wildman–Crippen LogP) is 2.81. The van der Waals surface area contributed by atoms with Crippen LogP contribution in [0.25, 0.3) is 0 Å². The Labute approximate surface area is 86.8 Å². The number of alkyl halides is 1. The van der Waals surface area contributed by atoms with Gasteiger partial charge in [-0.1, -0.05) is 17.7 Å². The Kier molecular flexibility index (Phi) is 4.50. The summed E-state index contributed by atoms with van der Waals surface area (Å²) in [7, 11) is 0. The van der Waals surface area contributed by atoms with E-state index in [0.717, 1.165) is 18.5 Å². The molecule has 0 aromatic heterocycles. The second kappa shape index (κ2) is 5.43. The van der Waals surface area contributed by atoms with Crippen molar-refractivity contribution in [2.75, 3.05) is 12.5 Å². The van der Waals surface area contributed by atoms with E-state index in [-0.39, 0.29) is 10.8 Å². The van der Waals surface area contributed by atoms with Crippen LogP contribution in [0.3, 0.4) is 0 Å². The Morgan fingerprint density at radius 1 is 1.38 bits per heavy atom. The second-order valence-corrected chi connectivity index (χ2v) is 3.31. The number of hydrogen-bond donors (Lipinski definition) is 1. The predicted molar refractivity (Wildman–Crippen MR) is 53.8 cm³/mol. The molecule has 0 bridgehead atoms. The van der Waals surface area contributed by atoms with Crippen molar-refractivity contribution in [3.63, 3.8) is 0 Å². The van der Waals surface area contributed by atoms with E-state index >= 15 is 0 Å². The molecule has 13 heavy (non-hydrogen) atoms. The minimum absolute atomic E-state index is 0.170. The molecule has 1 aromatic carbocycles. The Morgan fingerprint density at radius 2 is 2.15 bits per heavy atom. The number of hydrogen-bond acceptors (Lipinski definition) is 1. The smallest absolute Gasteiger partial charge is 0.141 e. The van der Waals surface area contributed by atoms with Crippen LogP contribution in [-0.2, 0) is 6.42 Å². The first-order valence-electron chi connectivity index (χ1n) is 3.94. The minimum Gasteiger partial charge on any atom is -0.304 e. The molecular formula is C9H10Cl2FN. The van der Waals surface area contributed by atoms with Crippen LogP contribution in [0, 0.1) is 5.82 Å². The third-order valence-electron chi connectivity index (χ3n) is 1.67. The van der Waals surface area contributed by atoms with Gasteiger partial charge in [0.25, 0.3) is 0 Å². The second-order valence-electron chi connectivity index (χ2n) is 2.63. The van der Waals surface area contributed by atoms with E-state index in [1.165, 1.54) is 6.07 Å². The van der Waals surface area contributed by atoms with Gasteiger partial charge in [0, 0.05) is 6.54 Å². The lowest BCUT2D eigenvalue weighted by molar-refractivity contribution is 0.627. The summed E-state index contributed by atoms with van der Waals surface area (Å²) in [6.07, 6.45) is 0.798. The Hall–Kier alpha value is -0.310. The van der Waals surface area contributed by atoms with Crippen LogP contribution in [0.1, 0.15) is 5.56 Å². The van der Waals surface area contributed by atoms with Crippen molar-refractivity contribution in [1.29, 1.82) is 0 Å². The molecule has 0 aliphatic rings. The number of benzene rings is 1. The molecule has 72 valence electrons. The van der Waals surface area contributed by atoms with Gasteiger partial charge in [-0.2, -0.15) is 0 Å². The highest BCUT2D eigenvalue weighted by molar-refractivity contribution is 6.30. The van der Waals surface area contributed by atoms with Crippen molar-refractivity contribution in [2.24, 2.45) is 0 Å². The third-order valence-corrected chi connectivity index (χ3v) is 2.15. The highest BCUT2D eigenvalue weighted by Crippen LogP contribution is 2.15. The fourth-order valence-electron chi connectivity index (χ4n) is 0.995. The van der Waals surface area contributed by atoms with Gasteiger partial charge in [0.1, 0.15) is 5.82 Å². The van der Waals surface area contributed by atoms with E-state index in [0.29, 0.717) is 6.00 Å². The quantitative estimate of drug-likeness (QED) is 0.469. The van der Waals surface area contributed by atoms with Crippen molar-refractivity contribution in [2.45, 2.75) is 6.42 Å². The summed E-state index contributed by atoms with van der Waals surface area (Å²) >= 11 is 11.0. The van der Waals surface area contributed by atoms with Gasteiger partial charge in [0.05, 0.1) is 11.0 Å². The average Bonchev–Trinajstić information content (AvgIpc) is 2.12. The van der Waals surface area contributed by atoms with Gasteiger partial charge >= 0.3 is 0 Å². The molecule has 0 atom stereocenters. The van der Waals surface area contributed by atoms with Crippen LogP contribution in [0.5, 0.6) is 0 Å². The lowest BCUT2D eigenvalue weighted by atomic mass is 10.1. The molecule has 0 fully saturated rings. The summed E-state index contributed by atoms with van der Waals surface area (Å²) in [6.45, 7) is 0.769. The molecule has 0 radical (unpaired) electrons. The first-order valence-corrected chi connectivity index (χ1v) is 4.86. The summed E-state index contributed by atoms with van der Waals surface area (Å²) in [5, 5.41) is 3.13. The monoisotopic (exact) mass is 221 g/mol. The van der Waals surface area contributed by atoms with Crippen molar-refractivity contribution >= 4 is 23.2 Å². The van der Waals surface area contributed by atoms with Crippen LogP contribution >= 0.6 is 23.2 Å². The zero-order chi connectivity index (χ0) is 9.68. The highest BCUT2D eigenvalue weighted by atomic mass is 35.5. The first-order chi connectivity index (χ1) is 6.24. The largest absolute Gasteiger partial charge is 0.304 e. The van der Waals surface area contributed by atoms with Gasteiger partial charge in [-0.15, -0.1) is 11.6 Å². The molecule has 4 heteroatoms. The van der Waals surface area contributed by atoms with Gasteiger partial charge in [-0.05, 0) is 24.1 Å². The summed E-state index contributed by atoms with van der Waals surface area (Å²) < 4.78 is 12.7. The molecule has 0 saturated heterocycles. The average molecular weight is 222 g/mol. The molecule has 0 saturated carbocycles. The van der Waals surface area contributed by atoms with E-state index in [4.69, 9.17) is 23.2 Å². The van der Waals surface area contributed by atoms with Crippen molar-refractivity contribution in [3.05, 3.63) is 34.6 Å². The lowest BCUT2D eigenvalue weighted by Crippen LogP contribution is -2.14. The van der Waals surface area contributed by atoms with Crippen LogP contribution in [-0.4, -0.2) is 12.5 Å². The van der Waals surface area contributed by atoms with Crippen molar-refractivity contribution in [1.82, 2.24) is 5.32 Å². The van der Waals surface area contributed by atoms with Crippen molar-refractivity contribution in [3.8, 4) is 0 Å². The summed E-state index contributed by atoms with van der Waals surface area (Å²) in [5.41, 5.74) is 1.00. The van der Waals surface area contributed by atoms with E-state index in [1.807, 2.05) is 0 Å². The summed E-state index contributed by atoms with van der Waals surface area (Å²) in [5.74, 6) is -0.379. The number of rotatable bonds is 4. The van der Waals surface area contributed by atoms with E-state index in [9.17, 15) is 4.39 Å². The lowest BCUT2D eigenvalue weighted by Gasteiger charge is -2.02. The summed E-state index contributed by atoms with van der Waals surface area (Å²) in [6, 6.07) is 5.15. The van der Waals surface area contributed by atoms with E-state index in [2.05, 4.69) is 5.32 Å². The molecule has 1 N–H and O–H groups in total. The maximum atomic E-state index is 12.7. The molecule has 0 amide bonds. The van der Waals surface area contributed by atoms with Gasteiger partial charge in [-0.25, -0.2) is 4.39 Å². The SMILES string of the molecule is Fc1ccc(CCNCCl)cc1Cl. The molecule has 1 nitrogen and oxygen atoms in total. The topological polar surface area (TPSA) is 12.0 Å². The Bertz CT molecular complexity index is 278. The molecule has 1 aromatic rings. The maximum absolute atomic E-state index is 12.7. The molecule has 0 spiro atoms. The van der Waals surface area contributed by atoms with Gasteiger partial charge < -0.3 is 5.32 Å². The van der Waals surface area contributed by atoms with Crippen molar-refractivity contribution < 1.29 is 4.39 Å².